The molecule has 0 aliphatic rings. The summed E-state index contributed by atoms with van der Waals surface area (Å²) in [6.45, 7) is 9.94. The number of hydrogen-bond donors (Lipinski definition) is 1. The van der Waals surface area contributed by atoms with Crippen molar-refractivity contribution in [3.8, 4) is 0 Å². The zero-order valence-corrected chi connectivity index (χ0v) is 12.5. The second kappa shape index (κ2) is 6.25. The molecule has 2 aromatic rings. The Morgan fingerprint density at radius 3 is 2.58 bits per heavy atom. The summed E-state index contributed by atoms with van der Waals surface area (Å²) in [5, 5.41) is 4.85. The molecule has 0 amide bonds. The minimum Gasteiger partial charge on any atom is -0.459 e. The van der Waals surface area contributed by atoms with Gasteiger partial charge in [-0.25, -0.2) is 0 Å². The van der Waals surface area contributed by atoms with Gasteiger partial charge in [0.25, 0.3) is 0 Å². The van der Waals surface area contributed by atoms with Gasteiger partial charge in [-0.3, -0.25) is 0 Å². The van der Waals surface area contributed by atoms with Gasteiger partial charge in [-0.15, -0.1) is 0 Å². The molecular formula is C17H25NO. The Balaban J connectivity index is 2.23. The Kier molecular flexibility index (Phi) is 4.65. The lowest BCUT2D eigenvalue weighted by Crippen LogP contribution is -2.24. The summed E-state index contributed by atoms with van der Waals surface area (Å²) in [6.07, 6.45) is 2.22. The first-order chi connectivity index (χ1) is 9.17. The topological polar surface area (TPSA) is 25.2 Å². The number of aryl methyl sites for hydroxylation is 1. The third-order valence-corrected chi connectivity index (χ3v) is 3.95. The highest BCUT2D eigenvalue weighted by Crippen LogP contribution is 2.30. The molecule has 2 atom stereocenters. The van der Waals surface area contributed by atoms with Gasteiger partial charge in [0.2, 0.25) is 0 Å². The molecule has 0 bridgehead atoms. The molecule has 1 aromatic carbocycles. The third kappa shape index (κ3) is 3.01. The van der Waals surface area contributed by atoms with Crippen molar-refractivity contribution in [2.75, 3.05) is 6.54 Å². The molecule has 1 aromatic heterocycles. The van der Waals surface area contributed by atoms with Gasteiger partial charge in [-0.1, -0.05) is 45.4 Å². The third-order valence-electron chi connectivity index (χ3n) is 3.95. The van der Waals surface area contributed by atoms with Crippen molar-refractivity contribution in [1.82, 2.24) is 5.32 Å². The predicted octanol–water partition coefficient (Wildman–Crippen LogP) is 4.69. The fraction of sp³-hybridized carbons (Fsp3) is 0.529. The molecule has 19 heavy (non-hydrogen) atoms. The van der Waals surface area contributed by atoms with E-state index < -0.39 is 0 Å². The van der Waals surface area contributed by atoms with Crippen molar-refractivity contribution < 1.29 is 4.42 Å². The highest BCUT2D eigenvalue weighted by Gasteiger charge is 2.17. The van der Waals surface area contributed by atoms with Crippen LogP contribution in [0.15, 0.2) is 28.7 Å². The Morgan fingerprint density at radius 2 is 1.89 bits per heavy atom. The number of fused-ring (bicyclic) bond motifs is 1. The molecule has 0 spiro atoms. The summed E-state index contributed by atoms with van der Waals surface area (Å²) < 4.78 is 6.06. The summed E-state index contributed by atoms with van der Waals surface area (Å²) in [7, 11) is 0. The SMILES string of the molecule is CCc1c(C(C)NCC(C)CC)oc2ccccc12. The van der Waals surface area contributed by atoms with E-state index in [1.807, 2.05) is 6.07 Å². The largest absolute Gasteiger partial charge is 0.459 e. The highest BCUT2D eigenvalue weighted by molar-refractivity contribution is 5.82. The van der Waals surface area contributed by atoms with E-state index in [1.54, 1.807) is 0 Å². The smallest absolute Gasteiger partial charge is 0.134 e. The molecule has 1 N–H and O–H groups in total. The first-order valence-electron chi connectivity index (χ1n) is 7.41. The minimum atomic E-state index is 0.274. The summed E-state index contributed by atoms with van der Waals surface area (Å²) in [5.74, 6) is 1.81. The van der Waals surface area contributed by atoms with Gasteiger partial charge in [-0.05, 0) is 31.9 Å². The van der Waals surface area contributed by atoms with Crippen molar-refractivity contribution in [2.45, 2.75) is 46.6 Å². The average Bonchev–Trinajstić information content (AvgIpc) is 2.82. The Labute approximate surface area is 116 Å². The van der Waals surface area contributed by atoms with Crippen molar-refractivity contribution in [2.24, 2.45) is 5.92 Å². The summed E-state index contributed by atoms with van der Waals surface area (Å²) >= 11 is 0. The number of para-hydroxylation sites is 1. The van der Waals surface area contributed by atoms with Crippen LogP contribution in [0.3, 0.4) is 0 Å². The van der Waals surface area contributed by atoms with Gasteiger partial charge in [-0.2, -0.15) is 0 Å². The van der Waals surface area contributed by atoms with E-state index >= 15 is 0 Å². The molecule has 0 aliphatic carbocycles. The van der Waals surface area contributed by atoms with Crippen LogP contribution in [0.2, 0.25) is 0 Å². The van der Waals surface area contributed by atoms with Crippen molar-refractivity contribution in [1.29, 1.82) is 0 Å². The second-order valence-electron chi connectivity index (χ2n) is 5.44. The zero-order chi connectivity index (χ0) is 13.8. The highest BCUT2D eigenvalue weighted by atomic mass is 16.3. The molecule has 1 heterocycles. The van der Waals surface area contributed by atoms with Crippen LogP contribution in [0, 0.1) is 5.92 Å². The van der Waals surface area contributed by atoms with Crippen LogP contribution in [-0.2, 0) is 6.42 Å². The van der Waals surface area contributed by atoms with Crippen LogP contribution < -0.4 is 5.32 Å². The molecule has 0 saturated heterocycles. The average molecular weight is 259 g/mol. The standard InChI is InChI=1S/C17H25NO/c1-5-12(3)11-18-13(4)17-14(6-2)15-9-7-8-10-16(15)19-17/h7-10,12-13,18H,5-6,11H2,1-4H3. The molecule has 2 heteroatoms. The van der Waals surface area contributed by atoms with E-state index in [4.69, 9.17) is 4.42 Å². The number of benzene rings is 1. The Bertz CT molecular complexity index is 529. The van der Waals surface area contributed by atoms with E-state index in [-0.39, 0.29) is 6.04 Å². The first-order valence-corrected chi connectivity index (χ1v) is 7.41. The zero-order valence-electron chi connectivity index (χ0n) is 12.5. The second-order valence-corrected chi connectivity index (χ2v) is 5.44. The first kappa shape index (κ1) is 14.1. The van der Waals surface area contributed by atoms with Crippen LogP contribution in [0.25, 0.3) is 11.0 Å². The van der Waals surface area contributed by atoms with E-state index in [0.29, 0.717) is 5.92 Å². The molecule has 2 rings (SSSR count). The van der Waals surface area contributed by atoms with Gasteiger partial charge in [0.1, 0.15) is 11.3 Å². The predicted molar refractivity (Wildman–Crippen MR) is 81.5 cm³/mol. The van der Waals surface area contributed by atoms with Crippen LogP contribution in [0.5, 0.6) is 0 Å². The fourth-order valence-corrected chi connectivity index (χ4v) is 2.45. The van der Waals surface area contributed by atoms with Crippen LogP contribution in [0.4, 0.5) is 0 Å². The Morgan fingerprint density at radius 1 is 1.16 bits per heavy atom. The number of hydrogen-bond acceptors (Lipinski definition) is 2. The summed E-state index contributed by atoms with van der Waals surface area (Å²) in [4.78, 5) is 0. The maximum absolute atomic E-state index is 6.06. The number of rotatable bonds is 6. The minimum absolute atomic E-state index is 0.274. The molecular weight excluding hydrogens is 234 g/mol. The molecule has 2 nitrogen and oxygen atoms in total. The molecule has 0 fully saturated rings. The lowest BCUT2D eigenvalue weighted by atomic mass is 10.0. The van der Waals surface area contributed by atoms with E-state index in [9.17, 15) is 0 Å². The van der Waals surface area contributed by atoms with E-state index in [0.717, 1.165) is 24.3 Å². The van der Waals surface area contributed by atoms with E-state index in [2.05, 4.69) is 51.2 Å². The Hall–Kier alpha value is -1.28. The van der Waals surface area contributed by atoms with Crippen molar-refractivity contribution >= 4 is 11.0 Å². The van der Waals surface area contributed by atoms with Gasteiger partial charge < -0.3 is 9.73 Å². The quantitative estimate of drug-likeness (QED) is 0.814. The van der Waals surface area contributed by atoms with Crippen molar-refractivity contribution in [3.63, 3.8) is 0 Å². The van der Waals surface area contributed by atoms with Crippen molar-refractivity contribution in [3.05, 3.63) is 35.6 Å². The van der Waals surface area contributed by atoms with Crippen LogP contribution in [-0.4, -0.2) is 6.54 Å². The van der Waals surface area contributed by atoms with Crippen LogP contribution in [0.1, 0.15) is 51.5 Å². The van der Waals surface area contributed by atoms with Gasteiger partial charge in [0.15, 0.2) is 0 Å². The number of nitrogens with one attached hydrogen (secondary N) is 1. The molecule has 0 saturated carbocycles. The van der Waals surface area contributed by atoms with Gasteiger partial charge in [0.05, 0.1) is 6.04 Å². The summed E-state index contributed by atoms with van der Waals surface area (Å²) in [6, 6.07) is 8.60. The molecule has 2 unspecified atom stereocenters. The lowest BCUT2D eigenvalue weighted by Gasteiger charge is -2.16. The normalized spacial score (nSPS) is 14.7. The fourth-order valence-electron chi connectivity index (χ4n) is 2.45. The maximum Gasteiger partial charge on any atom is 0.134 e. The van der Waals surface area contributed by atoms with Gasteiger partial charge in [0, 0.05) is 10.9 Å². The van der Waals surface area contributed by atoms with Gasteiger partial charge >= 0.3 is 0 Å². The molecule has 0 aliphatic heterocycles. The monoisotopic (exact) mass is 259 g/mol. The van der Waals surface area contributed by atoms with E-state index in [1.165, 1.54) is 17.4 Å². The van der Waals surface area contributed by atoms with Crippen LogP contribution >= 0.6 is 0 Å². The lowest BCUT2D eigenvalue weighted by molar-refractivity contribution is 0.408. The molecule has 0 radical (unpaired) electrons. The molecule has 104 valence electrons. The number of furan rings is 1. The summed E-state index contributed by atoms with van der Waals surface area (Å²) in [5.41, 5.74) is 2.35. The maximum atomic E-state index is 6.06.